The Hall–Kier alpha value is -4.25. The first-order valence-electron chi connectivity index (χ1n) is 10.2. The Labute approximate surface area is 186 Å². The van der Waals surface area contributed by atoms with Crippen LogP contribution in [0.5, 0.6) is 28.7 Å². The molecular weight excluding hydrogens is 404 g/mol. The standard InChI is InChI=1S/C27H22O5/c1-2-26(28)30-18-17-29-24-19-25(31-20-11-5-3-6-12-20)27(23-16-10-9-15-22(23)24)32-21-13-7-4-8-14-21/h2-16,19H,1,17-18H2. The second kappa shape index (κ2) is 10.2. The Morgan fingerprint density at radius 3 is 1.97 bits per heavy atom. The lowest BCUT2D eigenvalue weighted by Gasteiger charge is -2.18. The van der Waals surface area contributed by atoms with E-state index in [1.165, 1.54) is 0 Å². The maximum absolute atomic E-state index is 11.3. The van der Waals surface area contributed by atoms with Crippen LogP contribution in [-0.2, 0) is 9.53 Å². The molecule has 4 aromatic carbocycles. The van der Waals surface area contributed by atoms with E-state index in [9.17, 15) is 4.79 Å². The smallest absolute Gasteiger partial charge is 0.330 e. The second-order valence-electron chi connectivity index (χ2n) is 6.80. The third-order valence-electron chi connectivity index (χ3n) is 4.61. The maximum atomic E-state index is 11.3. The minimum atomic E-state index is -0.488. The Balaban J connectivity index is 1.73. The molecule has 0 fully saturated rings. The summed E-state index contributed by atoms with van der Waals surface area (Å²) in [4.78, 5) is 11.3. The first-order valence-corrected chi connectivity index (χ1v) is 10.2. The molecule has 0 amide bonds. The van der Waals surface area contributed by atoms with E-state index in [1.807, 2.05) is 84.9 Å². The summed E-state index contributed by atoms with van der Waals surface area (Å²) >= 11 is 0. The minimum Gasteiger partial charge on any atom is -0.489 e. The zero-order valence-corrected chi connectivity index (χ0v) is 17.4. The van der Waals surface area contributed by atoms with Crippen LogP contribution in [0.4, 0.5) is 0 Å². The third kappa shape index (κ3) is 5.08. The van der Waals surface area contributed by atoms with Gasteiger partial charge in [-0.25, -0.2) is 4.79 Å². The van der Waals surface area contributed by atoms with Crippen LogP contribution in [0, 0.1) is 0 Å². The summed E-state index contributed by atoms with van der Waals surface area (Å²) in [5.74, 6) is 2.57. The molecule has 0 aliphatic heterocycles. The highest BCUT2D eigenvalue weighted by atomic mass is 16.6. The van der Waals surface area contributed by atoms with Gasteiger partial charge in [0, 0.05) is 22.9 Å². The zero-order chi connectivity index (χ0) is 22.2. The van der Waals surface area contributed by atoms with Gasteiger partial charge in [-0.3, -0.25) is 0 Å². The first-order chi connectivity index (χ1) is 15.7. The number of rotatable bonds is 9. The van der Waals surface area contributed by atoms with Crippen LogP contribution in [0.1, 0.15) is 0 Å². The topological polar surface area (TPSA) is 54.0 Å². The van der Waals surface area contributed by atoms with Gasteiger partial charge in [0.2, 0.25) is 0 Å². The third-order valence-corrected chi connectivity index (χ3v) is 4.61. The van der Waals surface area contributed by atoms with Crippen LogP contribution in [0.15, 0.2) is 104 Å². The molecule has 0 aromatic heterocycles. The average Bonchev–Trinajstić information content (AvgIpc) is 2.85. The Bertz CT molecular complexity index is 1200. The Kier molecular flexibility index (Phi) is 6.68. The number of hydrogen-bond donors (Lipinski definition) is 0. The highest BCUT2D eigenvalue weighted by Crippen LogP contribution is 2.45. The van der Waals surface area contributed by atoms with Crippen LogP contribution in [0.3, 0.4) is 0 Å². The molecule has 160 valence electrons. The van der Waals surface area contributed by atoms with E-state index >= 15 is 0 Å². The highest BCUT2D eigenvalue weighted by Gasteiger charge is 2.17. The molecule has 5 heteroatoms. The van der Waals surface area contributed by atoms with Gasteiger partial charge in [0.25, 0.3) is 0 Å². The summed E-state index contributed by atoms with van der Waals surface area (Å²) in [6.07, 6.45) is 1.12. The van der Waals surface area contributed by atoms with E-state index in [0.29, 0.717) is 28.7 Å². The van der Waals surface area contributed by atoms with Gasteiger partial charge < -0.3 is 18.9 Å². The zero-order valence-electron chi connectivity index (χ0n) is 17.4. The molecule has 0 saturated carbocycles. The lowest BCUT2D eigenvalue weighted by Crippen LogP contribution is -2.10. The maximum Gasteiger partial charge on any atom is 0.330 e. The van der Waals surface area contributed by atoms with Crippen LogP contribution in [0.2, 0.25) is 0 Å². The highest BCUT2D eigenvalue weighted by molar-refractivity contribution is 5.96. The molecule has 0 spiro atoms. The number of esters is 1. The minimum absolute atomic E-state index is 0.107. The van der Waals surface area contributed by atoms with E-state index in [1.54, 1.807) is 6.07 Å². The predicted octanol–water partition coefficient (Wildman–Crippen LogP) is 6.53. The fourth-order valence-electron chi connectivity index (χ4n) is 3.17. The SMILES string of the molecule is C=CC(=O)OCCOc1cc(Oc2ccccc2)c(Oc2ccccc2)c2ccccc12. The summed E-state index contributed by atoms with van der Waals surface area (Å²) in [6, 6.07) is 28.6. The van der Waals surface area contributed by atoms with Crippen molar-refractivity contribution in [1.29, 1.82) is 0 Å². The van der Waals surface area contributed by atoms with Gasteiger partial charge in [-0.15, -0.1) is 0 Å². The number of para-hydroxylation sites is 2. The van der Waals surface area contributed by atoms with Gasteiger partial charge >= 0.3 is 5.97 Å². The normalized spacial score (nSPS) is 10.4. The van der Waals surface area contributed by atoms with E-state index in [2.05, 4.69) is 6.58 Å². The van der Waals surface area contributed by atoms with Crippen molar-refractivity contribution in [2.45, 2.75) is 0 Å². The Morgan fingerprint density at radius 2 is 1.31 bits per heavy atom. The van der Waals surface area contributed by atoms with Crippen LogP contribution >= 0.6 is 0 Å². The van der Waals surface area contributed by atoms with Crippen molar-refractivity contribution in [3.63, 3.8) is 0 Å². The predicted molar refractivity (Wildman–Crippen MR) is 124 cm³/mol. The van der Waals surface area contributed by atoms with E-state index < -0.39 is 5.97 Å². The van der Waals surface area contributed by atoms with E-state index in [0.717, 1.165) is 16.8 Å². The second-order valence-corrected chi connectivity index (χ2v) is 6.80. The summed E-state index contributed by atoms with van der Waals surface area (Å²) < 4.78 is 23.4. The van der Waals surface area contributed by atoms with Crippen LogP contribution in [-0.4, -0.2) is 19.2 Å². The molecule has 0 saturated heterocycles. The molecule has 0 N–H and O–H groups in total. The Morgan fingerprint density at radius 1 is 0.719 bits per heavy atom. The van der Waals surface area contributed by atoms with Crippen molar-refractivity contribution >= 4 is 16.7 Å². The quantitative estimate of drug-likeness (QED) is 0.173. The molecule has 0 bridgehead atoms. The van der Waals surface area contributed by atoms with Gasteiger partial charge in [-0.05, 0) is 24.3 Å². The van der Waals surface area contributed by atoms with Gasteiger partial charge in [0.15, 0.2) is 11.5 Å². The molecule has 0 heterocycles. The van der Waals surface area contributed by atoms with Gasteiger partial charge in [-0.1, -0.05) is 67.2 Å². The molecule has 0 unspecified atom stereocenters. The van der Waals surface area contributed by atoms with Crippen molar-refractivity contribution in [1.82, 2.24) is 0 Å². The number of carbonyl (C=O) groups excluding carboxylic acids is 1. The molecule has 4 rings (SSSR count). The van der Waals surface area contributed by atoms with Crippen molar-refractivity contribution in [2.24, 2.45) is 0 Å². The molecular formula is C27H22O5. The molecule has 0 aliphatic rings. The van der Waals surface area contributed by atoms with Crippen LogP contribution < -0.4 is 14.2 Å². The number of benzene rings is 4. The molecule has 4 aromatic rings. The first kappa shape index (κ1) is 21.0. The summed E-state index contributed by atoms with van der Waals surface area (Å²) in [5, 5.41) is 1.69. The lowest BCUT2D eigenvalue weighted by molar-refractivity contribution is -0.138. The number of ether oxygens (including phenoxy) is 4. The number of fused-ring (bicyclic) bond motifs is 1. The summed E-state index contributed by atoms with van der Waals surface area (Å²) in [5.41, 5.74) is 0. The molecule has 32 heavy (non-hydrogen) atoms. The van der Waals surface area contributed by atoms with Crippen molar-refractivity contribution in [3.8, 4) is 28.7 Å². The molecule has 5 nitrogen and oxygen atoms in total. The molecule has 0 atom stereocenters. The average molecular weight is 426 g/mol. The fourth-order valence-corrected chi connectivity index (χ4v) is 3.17. The van der Waals surface area contributed by atoms with Gasteiger partial charge in [0.05, 0.1) is 0 Å². The molecule has 0 aliphatic carbocycles. The molecule has 0 radical (unpaired) electrons. The summed E-state index contributed by atoms with van der Waals surface area (Å²) in [6.45, 7) is 3.68. The van der Waals surface area contributed by atoms with E-state index in [4.69, 9.17) is 18.9 Å². The lowest BCUT2D eigenvalue weighted by atomic mass is 10.1. The largest absolute Gasteiger partial charge is 0.489 e. The van der Waals surface area contributed by atoms with Crippen molar-refractivity contribution in [3.05, 3.63) is 104 Å². The van der Waals surface area contributed by atoms with Crippen LogP contribution in [0.25, 0.3) is 10.8 Å². The summed E-state index contributed by atoms with van der Waals surface area (Å²) in [7, 11) is 0. The van der Waals surface area contributed by atoms with Crippen molar-refractivity contribution in [2.75, 3.05) is 13.2 Å². The number of carbonyl (C=O) groups is 1. The van der Waals surface area contributed by atoms with Gasteiger partial charge in [-0.2, -0.15) is 0 Å². The van der Waals surface area contributed by atoms with Crippen molar-refractivity contribution < 1.29 is 23.7 Å². The number of hydrogen-bond acceptors (Lipinski definition) is 5. The van der Waals surface area contributed by atoms with Gasteiger partial charge in [0.1, 0.15) is 30.5 Å². The monoisotopic (exact) mass is 426 g/mol. The fraction of sp³-hybridized carbons (Fsp3) is 0.0741. The van der Waals surface area contributed by atoms with E-state index in [-0.39, 0.29) is 13.2 Å².